The number of allylic oxidation sites excluding steroid dienone is 2. The number of hydrogen-bond donors (Lipinski definition) is 2. The fourth-order valence-corrected chi connectivity index (χ4v) is 10.0. The van der Waals surface area contributed by atoms with Crippen LogP contribution in [0.5, 0.6) is 0 Å². The van der Waals surface area contributed by atoms with Gasteiger partial charge in [0.25, 0.3) is 0 Å². The number of methoxy groups -OCH3 is 1. The fourth-order valence-electron chi connectivity index (χ4n) is 10.0. The number of likely N-dealkylation sites (N-methyl/N-ethyl adjacent to an activating group) is 2. The standard InChI is InChI=1S/C49H82N2O16/c1-14-18-38(54)65-47-32(6)61-41(27-49(47,8)57)66-44-31(5)62-48(43(56)42(44)51(11)12)67-45-34(23-24-52)25-28(2)36(64-40-22-21-35(50(9)10)30(4)60-40)20-17-15-16-19-29(3)59-39(55)26-37(46(45)58-13)63-33(7)53/h15-17,20,24,28-32,34-37,40-48,56-57H,14,18-19,21-23,25-27H2,1-13H3/b16-15-,20-17-. The molecule has 0 saturated carbocycles. The molecule has 0 aromatic carbocycles. The van der Waals surface area contributed by atoms with Crippen molar-refractivity contribution in [1.29, 1.82) is 0 Å². The molecule has 67 heavy (non-hydrogen) atoms. The molecule has 0 aromatic rings. The van der Waals surface area contributed by atoms with Crippen molar-refractivity contribution in [2.45, 2.75) is 217 Å². The zero-order valence-corrected chi connectivity index (χ0v) is 42.1. The number of carbonyl (C=O) groups is 4. The molecule has 19 unspecified atom stereocenters. The molecule has 3 fully saturated rings. The molecular weight excluding hydrogens is 873 g/mol. The van der Waals surface area contributed by atoms with Crippen molar-refractivity contribution in [2.24, 2.45) is 11.8 Å². The fraction of sp³-hybridized carbons (Fsp3) is 0.837. The van der Waals surface area contributed by atoms with E-state index in [0.29, 0.717) is 25.7 Å². The van der Waals surface area contributed by atoms with E-state index in [9.17, 15) is 29.4 Å². The van der Waals surface area contributed by atoms with Crippen LogP contribution in [0.4, 0.5) is 0 Å². The second kappa shape index (κ2) is 26.4. The third-order valence-corrected chi connectivity index (χ3v) is 13.3. The molecule has 0 radical (unpaired) electrons. The molecule has 4 heterocycles. The molecule has 18 heteroatoms. The normalized spacial score (nSPS) is 41.5. The second-order valence-corrected chi connectivity index (χ2v) is 19.6. The van der Waals surface area contributed by atoms with Crippen LogP contribution >= 0.6 is 0 Å². The lowest BCUT2D eigenvalue weighted by Gasteiger charge is -2.50. The number of aliphatic hydroxyl groups is 2. The summed E-state index contributed by atoms with van der Waals surface area (Å²) >= 11 is 0. The van der Waals surface area contributed by atoms with Gasteiger partial charge in [0.1, 0.15) is 42.4 Å². The van der Waals surface area contributed by atoms with Crippen LogP contribution in [-0.2, 0) is 66.5 Å². The van der Waals surface area contributed by atoms with Crippen molar-refractivity contribution in [3.63, 3.8) is 0 Å². The van der Waals surface area contributed by atoms with Gasteiger partial charge < -0.3 is 72.2 Å². The van der Waals surface area contributed by atoms with Crippen molar-refractivity contribution in [3.05, 3.63) is 24.3 Å². The van der Waals surface area contributed by atoms with E-state index >= 15 is 0 Å². The summed E-state index contributed by atoms with van der Waals surface area (Å²) in [5, 5.41) is 23.8. The number of cyclic esters (lactones) is 1. The molecule has 3 saturated heterocycles. The van der Waals surface area contributed by atoms with Gasteiger partial charge in [0.15, 0.2) is 25.0 Å². The summed E-state index contributed by atoms with van der Waals surface area (Å²) in [7, 11) is 9.01. The Morgan fingerprint density at radius 2 is 1.60 bits per heavy atom. The lowest BCUT2D eigenvalue weighted by Crippen LogP contribution is -2.66. The molecule has 2 N–H and O–H groups in total. The predicted molar refractivity (Wildman–Crippen MR) is 245 cm³/mol. The third kappa shape index (κ3) is 16.1. The monoisotopic (exact) mass is 955 g/mol. The number of hydrogen-bond acceptors (Lipinski definition) is 18. The van der Waals surface area contributed by atoms with E-state index in [1.54, 1.807) is 46.7 Å². The van der Waals surface area contributed by atoms with E-state index in [1.165, 1.54) is 14.0 Å². The van der Waals surface area contributed by atoms with Crippen LogP contribution in [0, 0.1) is 11.8 Å². The number of aliphatic hydroxyl groups excluding tert-OH is 1. The average Bonchev–Trinajstić information content (AvgIpc) is 3.22. The molecule has 0 amide bonds. The molecule has 384 valence electrons. The number of aldehydes is 1. The summed E-state index contributed by atoms with van der Waals surface area (Å²) in [5.74, 6) is -2.69. The van der Waals surface area contributed by atoms with E-state index in [-0.39, 0.29) is 37.3 Å². The van der Waals surface area contributed by atoms with Crippen molar-refractivity contribution in [1.82, 2.24) is 9.80 Å². The van der Waals surface area contributed by atoms with Crippen molar-refractivity contribution >= 4 is 24.2 Å². The summed E-state index contributed by atoms with van der Waals surface area (Å²) in [6, 6.07) is -0.546. The van der Waals surface area contributed by atoms with Gasteiger partial charge >= 0.3 is 17.9 Å². The molecule has 0 aromatic heterocycles. The van der Waals surface area contributed by atoms with Crippen LogP contribution in [0.1, 0.15) is 113 Å². The van der Waals surface area contributed by atoms with Gasteiger partial charge in [0.05, 0.1) is 43.0 Å². The lowest BCUT2D eigenvalue weighted by molar-refractivity contribution is -0.344. The Morgan fingerprint density at radius 3 is 2.19 bits per heavy atom. The summed E-state index contributed by atoms with van der Waals surface area (Å²) in [6.07, 6.45) is -1.11. The van der Waals surface area contributed by atoms with Gasteiger partial charge in [0.2, 0.25) is 0 Å². The molecule has 4 rings (SSSR count). The molecule has 0 bridgehead atoms. The minimum Gasteiger partial charge on any atom is -0.462 e. The third-order valence-electron chi connectivity index (χ3n) is 13.3. The smallest absolute Gasteiger partial charge is 0.309 e. The van der Waals surface area contributed by atoms with Crippen molar-refractivity contribution in [2.75, 3.05) is 35.3 Å². The Hall–Kier alpha value is -2.88. The molecule has 18 nitrogen and oxygen atoms in total. The van der Waals surface area contributed by atoms with Gasteiger partial charge in [-0.3, -0.25) is 14.4 Å². The zero-order chi connectivity index (χ0) is 49.7. The van der Waals surface area contributed by atoms with Gasteiger partial charge in [-0.05, 0) is 100 Å². The first-order valence-electron chi connectivity index (χ1n) is 24.1. The molecular formula is C49H82N2O16. The SMILES string of the molecule is CCCC(=O)OC1C(C)OC(OC2C(C)OC(OC3C(CC=O)CC(C)C(OC4CCC(N(C)C)C(C)O4)/C=C\C=C/CC(C)OC(=O)CC(OC(C)=O)C3OC)C(O)C2N(C)C)CC1(C)O. The lowest BCUT2D eigenvalue weighted by atomic mass is 9.82. The van der Waals surface area contributed by atoms with Crippen LogP contribution in [0.2, 0.25) is 0 Å². The van der Waals surface area contributed by atoms with Crippen LogP contribution in [0.3, 0.4) is 0 Å². The molecule has 0 aliphatic carbocycles. The predicted octanol–water partition coefficient (Wildman–Crippen LogP) is 4.25. The summed E-state index contributed by atoms with van der Waals surface area (Å²) < 4.78 is 62.5. The minimum atomic E-state index is -1.50. The first kappa shape index (κ1) is 56.7. The number of nitrogens with zero attached hydrogens (tertiary/aromatic N) is 2. The van der Waals surface area contributed by atoms with Crippen LogP contribution in [-0.4, -0.2) is 183 Å². The highest BCUT2D eigenvalue weighted by Crippen LogP contribution is 2.38. The summed E-state index contributed by atoms with van der Waals surface area (Å²) in [5.41, 5.74) is -1.50. The molecule has 4 aliphatic rings. The second-order valence-electron chi connectivity index (χ2n) is 19.6. The molecule has 0 spiro atoms. The Labute approximate surface area is 398 Å². The zero-order valence-electron chi connectivity index (χ0n) is 42.1. The number of carbonyl (C=O) groups excluding carboxylic acids is 4. The van der Waals surface area contributed by atoms with Gasteiger partial charge in [-0.2, -0.15) is 0 Å². The van der Waals surface area contributed by atoms with Crippen LogP contribution < -0.4 is 0 Å². The summed E-state index contributed by atoms with van der Waals surface area (Å²) in [6.45, 7) is 13.9. The Kier molecular flexibility index (Phi) is 22.3. The van der Waals surface area contributed by atoms with Gasteiger partial charge in [0, 0.05) is 45.8 Å². The van der Waals surface area contributed by atoms with Gasteiger partial charge in [-0.15, -0.1) is 0 Å². The topological polar surface area (TPSA) is 208 Å². The van der Waals surface area contributed by atoms with E-state index in [0.717, 1.165) is 12.7 Å². The number of esters is 3. The first-order chi connectivity index (χ1) is 31.6. The van der Waals surface area contributed by atoms with Gasteiger partial charge in [-0.25, -0.2) is 0 Å². The maximum absolute atomic E-state index is 13.5. The number of ether oxygens (including phenoxy) is 10. The Bertz CT molecular complexity index is 1630. The molecule has 4 aliphatic heterocycles. The van der Waals surface area contributed by atoms with Crippen molar-refractivity contribution in [3.8, 4) is 0 Å². The highest BCUT2D eigenvalue weighted by atomic mass is 16.7. The maximum atomic E-state index is 13.5. The molecule has 19 atom stereocenters. The average molecular weight is 955 g/mol. The Balaban J connectivity index is 1.70. The highest BCUT2D eigenvalue weighted by Gasteiger charge is 2.53. The number of rotatable bonds is 15. The van der Waals surface area contributed by atoms with E-state index in [4.69, 9.17) is 47.4 Å². The van der Waals surface area contributed by atoms with Crippen LogP contribution in [0.25, 0.3) is 0 Å². The quantitative estimate of drug-likeness (QED) is 0.134. The maximum Gasteiger partial charge on any atom is 0.309 e. The largest absolute Gasteiger partial charge is 0.462 e. The van der Waals surface area contributed by atoms with E-state index in [2.05, 4.69) is 4.90 Å². The van der Waals surface area contributed by atoms with E-state index in [1.807, 2.05) is 59.2 Å². The van der Waals surface area contributed by atoms with E-state index < -0.39 is 122 Å². The summed E-state index contributed by atoms with van der Waals surface area (Å²) in [4.78, 5) is 55.3. The Morgan fingerprint density at radius 1 is 0.896 bits per heavy atom. The highest BCUT2D eigenvalue weighted by molar-refractivity contribution is 5.72. The van der Waals surface area contributed by atoms with Gasteiger partial charge in [-0.1, -0.05) is 38.2 Å². The first-order valence-corrected chi connectivity index (χ1v) is 24.1. The van der Waals surface area contributed by atoms with Crippen molar-refractivity contribution < 1.29 is 76.8 Å². The van der Waals surface area contributed by atoms with Crippen LogP contribution in [0.15, 0.2) is 24.3 Å². The minimum absolute atomic E-state index is 0.0403.